The number of hydrogen-bond donors (Lipinski definition) is 1. The second kappa shape index (κ2) is 5.87. The summed E-state index contributed by atoms with van der Waals surface area (Å²) in [5, 5.41) is 8.87. The Balaban J connectivity index is 2.12. The fraction of sp³-hybridized carbons (Fsp3) is 0.500. The van der Waals surface area contributed by atoms with Gasteiger partial charge < -0.3 is 14.7 Å². The number of carbonyl (C=O) groups excluding carboxylic acids is 1. The van der Waals surface area contributed by atoms with Crippen LogP contribution in [0.15, 0.2) is 24.3 Å². The lowest BCUT2D eigenvalue weighted by atomic mass is 9.96. The summed E-state index contributed by atoms with van der Waals surface area (Å²) >= 11 is 0. The average Bonchev–Trinajstić information content (AvgIpc) is 2.34. The zero-order chi connectivity index (χ0) is 13.0. The summed E-state index contributed by atoms with van der Waals surface area (Å²) in [7, 11) is 1.68. The molecule has 0 unspecified atom stereocenters. The minimum absolute atomic E-state index is 0.0338. The summed E-state index contributed by atoms with van der Waals surface area (Å²) in [6, 6.07) is 7.30. The van der Waals surface area contributed by atoms with Crippen LogP contribution in [0.4, 0.5) is 0 Å². The van der Waals surface area contributed by atoms with Crippen LogP contribution in [-0.4, -0.2) is 42.2 Å². The Morgan fingerprint density at radius 1 is 1.44 bits per heavy atom. The first-order valence-electron chi connectivity index (χ1n) is 6.34. The molecule has 0 atom stereocenters. The molecule has 1 amide bonds. The molecular weight excluding hydrogens is 230 g/mol. The minimum atomic E-state index is -0.112. The van der Waals surface area contributed by atoms with Gasteiger partial charge in [0, 0.05) is 13.6 Å². The van der Waals surface area contributed by atoms with Crippen LogP contribution in [0.3, 0.4) is 0 Å². The van der Waals surface area contributed by atoms with Crippen molar-refractivity contribution in [3.63, 3.8) is 0 Å². The molecule has 1 aliphatic rings. The van der Waals surface area contributed by atoms with Crippen LogP contribution < -0.4 is 4.74 Å². The molecule has 0 bridgehead atoms. The van der Waals surface area contributed by atoms with Gasteiger partial charge in [-0.05, 0) is 31.4 Å². The standard InChI is InChI=1S/C14H19NO3/c1-15(9-10-16)14(17)12-7-2-3-8-13(12)18-11-5-4-6-11/h2-3,7-8,11,16H,4-6,9-10H2,1H3. The Morgan fingerprint density at radius 3 is 2.78 bits per heavy atom. The summed E-state index contributed by atoms with van der Waals surface area (Å²) in [5.41, 5.74) is 0.570. The molecule has 1 N–H and O–H groups in total. The number of amides is 1. The fourth-order valence-electron chi connectivity index (χ4n) is 1.87. The van der Waals surface area contributed by atoms with Gasteiger partial charge in [-0.3, -0.25) is 4.79 Å². The van der Waals surface area contributed by atoms with Crippen LogP contribution in [0.25, 0.3) is 0 Å². The molecule has 1 aliphatic carbocycles. The third kappa shape index (κ3) is 2.82. The van der Waals surface area contributed by atoms with Crippen LogP contribution in [0.2, 0.25) is 0 Å². The molecule has 4 heteroatoms. The number of likely N-dealkylation sites (N-methyl/N-ethyl adjacent to an activating group) is 1. The van der Waals surface area contributed by atoms with E-state index >= 15 is 0 Å². The van der Waals surface area contributed by atoms with Crippen LogP contribution in [0.1, 0.15) is 29.6 Å². The first-order valence-corrected chi connectivity index (χ1v) is 6.34. The number of nitrogens with zero attached hydrogens (tertiary/aromatic N) is 1. The lowest BCUT2D eigenvalue weighted by Gasteiger charge is -2.28. The number of ether oxygens (including phenoxy) is 1. The van der Waals surface area contributed by atoms with Gasteiger partial charge in [0.1, 0.15) is 5.75 Å². The molecule has 4 nitrogen and oxygen atoms in total. The highest BCUT2D eigenvalue weighted by Crippen LogP contribution is 2.28. The number of rotatable bonds is 5. The maximum absolute atomic E-state index is 12.2. The van der Waals surface area contributed by atoms with Crippen molar-refractivity contribution in [1.29, 1.82) is 0 Å². The number of carbonyl (C=O) groups is 1. The van der Waals surface area contributed by atoms with Gasteiger partial charge in [-0.25, -0.2) is 0 Å². The monoisotopic (exact) mass is 249 g/mol. The molecule has 0 aliphatic heterocycles. The quantitative estimate of drug-likeness (QED) is 0.863. The van der Waals surface area contributed by atoms with Gasteiger partial charge in [-0.15, -0.1) is 0 Å². The highest BCUT2D eigenvalue weighted by atomic mass is 16.5. The van der Waals surface area contributed by atoms with Gasteiger partial charge in [-0.1, -0.05) is 12.1 Å². The van der Waals surface area contributed by atoms with Gasteiger partial charge in [0.2, 0.25) is 0 Å². The van der Waals surface area contributed by atoms with Gasteiger partial charge in [0.15, 0.2) is 0 Å². The zero-order valence-corrected chi connectivity index (χ0v) is 10.6. The van der Waals surface area contributed by atoms with Crippen molar-refractivity contribution < 1.29 is 14.6 Å². The van der Waals surface area contributed by atoms with E-state index in [4.69, 9.17) is 9.84 Å². The molecule has 2 rings (SSSR count). The Morgan fingerprint density at radius 2 is 2.17 bits per heavy atom. The zero-order valence-electron chi connectivity index (χ0n) is 10.6. The number of aliphatic hydroxyl groups excluding tert-OH is 1. The van der Waals surface area contributed by atoms with Crippen molar-refractivity contribution in [2.75, 3.05) is 20.2 Å². The summed E-state index contributed by atoms with van der Waals surface area (Å²) in [6.07, 6.45) is 3.58. The number of aliphatic hydroxyl groups is 1. The Labute approximate surface area is 107 Å². The topological polar surface area (TPSA) is 49.8 Å². The molecule has 98 valence electrons. The summed E-state index contributed by atoms with van der Waals surface area (Å²) in [4.78, 5) is 13.7. The van der Waals surface area contributed by atoms with Gasteiger partial charge >= 0.3 is 0 Å². The first-order chi connectivity index (χ1) is 8.72. The molecule has 0 saturated heterocycles. The average molecular weight is 249 g/mol. The smallest absolute Gasteiger partial charge is 0.257 e. The van der Waals surface area contributed by atoms with Gasteiger partial charge in [-0.2, -0.15) is 0 Å². The third-order valence-corrected chi connectivity index (χ3v) is 3.25. The summed E-state index contributed by atoms with van der Waals surface area (Å²) in [6.45, 7) is 0.296. The highest BCUT2D eigenvalue weighted by Gasteiger charge is 2.22. The molecule has 1 fully saturated rings. The molecule has 0 aromatic heterocycles. The second-order valence-corrected chi connectivity index (χ2v) is 4.62. The maximum atomic E-state index is 12.2. The van der Waals surface area contributed by atoms with E-state index in [2.05, 4.69) is 0 Å². The van der Waals surface area contributed by atoms with E-state index in [-0.39, 0.29) is 18.6 Å². The lowest BCUT2D eigenvalue weighted by molar-refractivity contribution is 0.0748. The van der Waals surface area contributed by atoms with Crippen molar-refractivity contribution in [3.05, 3.63) is 29.8 Å². The molecule has 0 radical (unpaired) electrons. The number of hydrogen-bond acceptors (Lipinski definition) is 3. The van der Waals surface area contributed by atoms with E-state index in [0.717, 1.165) is 12.8 Å². The van der Waals surface area contributed by atoms with E-state index < -0.39 is 0 Å². The Bertz CT molecular complexity index is 415. The predicted molar refractivity (Wildman–Crippen MR) is 68.8 cm³/mol. The molecule has 0 spiro atoms. The molecule has 18 heavy (non-hydrogen) atoms. The molecule has 1 saturated carbocycles. The van der Waals surface area contributed by atoms with Crippen molar-refractivity contribution >= 4 is 5.91 Å². The van der Waals surface area contributed by atoms with E-state index in [9.17, 15) is 4.79 Å². The van der Waals surface area contributed by atoms with Gasteiger partial charge in [0.25, 0.3) is 5.91 Å². The first kappa shape index (κ1) is 12.9. The second-order valence-electron chi connectivity index (χ2n) is 4.62. The van der Waals surface area contributed by atoms with E-state index in [1.165, 1.54) is 11.3 Å². The van der Waals surface area contributed by atoms with Gasteiger partial charge in [0.05, 0.1) is 18.3 Å². The highest BCUT2D eigenvalue weighted by molar-refractivity contribution is 5.96. The molecule has 1 aromatic carbocycles. The molecular formula is C14H19NO3. The fourth-order valence-corrected chi connectivity index (χ4v) is 1.87. The predicted octanol–water partition coefficient (Wildman–Crippen LogP) is 1.68. The summed E-state index contributed by atoms with van der Waals surface area (Å²) in [5.74, 6) is 0.538. The molecule has 1 aromatic rings. The lowest BCUT2D eigenvalue weighted by Crippen LogP contribution is -2.31. The number of para-hydroxylation sites is 1. The largest absolute Gasteiger partial charge is 0.490 e. The van der Waals surface area contributed by atoms with Crippen LogP contribution in [-0.2, 0) is 0 Å². The van der Waals surface area contributed by atoms with E-state index in [1.807, 2.05) is 18.2 Å². The van der Waals surface area contributed by atoms with Crippen molar-refractivity contribution in [2.24, 2.45) is 0 Å². The van der Waals surface area contributed by atoms with E-state index in [0.29, 0.717) is 17.9 Å². The Hall–Kier alpha value is -1.55. The normalized spacial score (nSPS) is 15.0. The third-order valence-electron chi connectivity index (χ3n) is 3.25. The van der Waals surface area contributed by atoms with Crippen LogP contribution in [0, 0.1) is 0 Å². The van der Waals surface area contributed by atoms with Crippen LogP contribution in [0.5, 0.6) is 5.75 Å². The summed E-state index contributed by atoms with van der Waals surface area (Å²) < 4.78 is 5.82. The van der Waals surface area contributed by atoms with Crippen LogP contribution >= 0.6 is 0 Å². The maximum Gasteiger partial charge on any atom is 0.257 e. The number of benzene rings is 1. The Kier molecular flexibility index (Phi) is 4.20. The SMILES string of the molecule is CN(CCO)C(=O)c1ccccc1OC1CCC1. The van der Waals surface area contributed by atoms with Crippen molar-refractivity contribution in [3.8, 4) is 5.75 Å². The van der Waals surface area contributed by atoms with E-state index in [1.54, 1.807) is 13.1 Å². The van der Waals surface area contributed by atoms with Crippen molar-refractivity contribution in [2.45, 2.75) is 25.4 Å². The van der Waals surface area contributed by atoms with Crippen molar-refractivity contribution in [1.82, 2.24) is 4.90 Å². The minimum Gasteiger partial charge on any atom is -0.490 e. The molecule has 0 heterocycles.